The van der Waals surface area contributed by atoms with Crippen molar-refractivity contribution in [3.05, 3.63) is 108 Å². The largest absolute Gasteiger partial charge is 0.416 e. The number of rotatable bonds is 3. The Morgan fingerprint density at radius 1 is 0.586 bits per heavy atom. The van der Waals surface area contributed by atoms with E-state index in [4.69, 9.17) is 0 Å². The summed E-state index contributed by atoms with van der Waals surface area (Å²) in [5.41, 5.74) is 2.18. The molecule has 2 heterocycles. The van der Waals surface area contributed by atoms with Gasteiger partial charge < -0.3 is 9.13 Å². The molecule has 0 fully saturated rings. The predicted molar refractivity (Wildman–Crippen MR) is 109 cm³/mol. The molecule has 0 aliphatic rings. The molecule has 0 saturated carbocycles. The minimum absolute atomic E-state index is 0.308. The highest BCUT2D eigenvalue weighted by Gasteiger charge is 2.30. The first-order chi connectivity index (χ1) is 14.0. The van der Waals surface area contributed by atoms with Crippen LogP contribution in [0.5, 0.6) is 0 Å². The summed E-state index contributed by atoms with van der Waals surface area (Å²) in [6.07, 6.45) is -0.685. The lowest BCUT2D eigenvalue weighted by atomic mass is 10.1. The van der Waals surface area contributed by atoms with Gasteiger partial charge >= 0.3 is 6.18 Å². The maximum Gasteiger partial charge on any atom is 0.416 e. The molecule has 5 rings (SSSR count). The topological polar surface area (TPSA) is 9.86 Å². The zero-order chi connectivity index (χ0) is 20.0. The van der Waals surface area contributed by atoms with E-state index in [1.54, 1.807) is 12.1 Å². The fourth-order valence-electron chi connectivity index (χ4n) is 3.94. The Morgan fingerprint density at radius 3 is 1.55 bits per heavy atom. The third-order valence-electron chi connectivity index (χ3n) is 5.32. The highest BCUT2D eigenvalue weighted by molar-refractivity contribution is 5.82. The van der Waals surface area contributed by atoms with Crippen LogP contribution in [0.4, 0.5) is 13.2 Å². The molecule has 2 aromatic heterocycles. The van der Waals surface area contributed by atoms with E-state index in [0.717, 1.165) is 39.5 Å². The Kier molecular flexibility index (Phi) is 3.98. The van der Waals surface area contributed by atoms with E-state index in [-0.39, 0.29) is 6.17 Å². The molecule has 0 amide bonds. The van der Waals surface area contributed by atoms with Gasteiger partial charge in [-0.15, -0.1) is 0 Å². The summed E-state index contributed by atoms with van der Waals surface area (Å²) in [5, 5.41) is 2.17. The van der Waals surface area contributed by atoms with Gasteiger partial charge in [0.05, 0.1) is 16.6 Å². The third kappa shape index (κ3) is 2.99. The summed E-state index contributed by atoms with van der Waals surface area (Å²) in [6.45, 7) is 0. The molecule has 5 heteroatoms. The van der Waals surface area contributed by atoms with Crippen molar-refractivity contribution in [1.82, 2.24) is 9.13 Å². The zero-order valence-corrected chi connectivity index (χ0v) is 15.3. The molecule has 0 unspecified atom stereocenters. The molecular weight excluding hydrogens is 373 g/mol. The fraction of sp³-hybridized carbons (Fsp3) is 0.0833. The number of fused-ring (bicyclic) bond motifs is 2. The smallest absolute Gasteiger partial charge is 0.322 e. The van der Waals surface area contributed by atoms with Gasteiger partial charge in [-0.3, -0.25) is 0 Å². The van der Waals surface area contributed by atoms with Crippen molar-refractivity contribution < 1.29 is 13.2 Å². The van der Waals surface area contributed by atoms with Crippen molar-refractivity contribution in [2.24, 2.45) is 0 Å². The molecule has 5 aromatic rings. The van der Waals surface area contributed by atoms with Gasteiger partial charge in [0.25, 0.3) is 0 Å². The SMILES string of the molecule is FC(F)(F)c1ccc(C(n2ccc3ccccc32)n2ccc3ccccc32)cc1. The third-order valence-corrected chi connectivity index (χ3v) is 5.32. The summed E-state index contributed by atoms with van der Waals surface area (Å²) in [5.74, 6) is 0. The summed E-state index contributed by atoms with van der Waals surface area (Å²) < 4.78 is 43.4. The number of hydrogen-bond donors (Lipinski definition) is 0. The van der Waals surface area contributed by atoms with Crippen LogP contribution >= 0.6 is 0 Å². The van der Waals surface area contributed by atoms with Crippen LogP contribution in [-0.4, -0.2) is 9.13 Å². The lowest BCUT2D eigenvalue weighted by Gasteiger charge is -2.24. The molecule has 2 nitrogen and oxygen atoms in total. The predicted octanol–water partition coefficient (Wildman–Crippen LogP) is 6.71. The number of hydrogen-bond acceptors (Lipinski definition) is 0. The normalized spacial score (nSPS) is 12.3. The van der Waals surface area contributed by atoms with Crippen LogP contribution in [0.3, 0.4) is 0 Å². The Labute approximate surface area is 165 Å². The van der Waals surface area contributed by atoms with Crippen LogP contribution in [0.1, 0.15) is 17.3 Å². The maximum absolute atomic E-state index is 13.1. The fourth-order valence-corrected chi connectivity index (χ4v) is 3.94. The zero-order valence-electron chi connectivity index (χ0n) is 15.3. The van der Waals surface area contributed by atoms with Gasteiger partial charge in [-0.1, -0.05) is 48.5 Å². The lowest BCUT2D eigenvalue weighted by Crippen LogP contribution is -2.18. The van der Waals surface area contributed by atoms with Crippen molar-refractivity contribution in [1.29, 1.82) is 0 Å². The molecule has 29 heavy (non-hydrogen) atoms. The van der Waals surface area contributed by atoms with Crippen LogP contribution < -0.4 is 0 Å². The number of halogens is 3. The highest BCUT2D eigenvalue weighted by Crippen LogP contribution is 2.33. The van der Waals surface area contributed by atoms with E-state index in [1.165, 1.54) is 0 Å². The average Bonchev–Trinajstić information content (AvgIpc) is 3.34. The number of benzene rings is 3. The quantitative estimate of drug-likeness (QED) is 0.324. The Morgan fingerprint density at radius 2 is 1.07 bits per heavy atom. The molecule has 144 valence electrons. The van der Waals surface area contributed by atoms with Gasteiger partial charge in [0.1, 0.15) is 6.17 Å². The lowest BCUT2D eigenvalue weighted by molar-refractivity contribution is -0.137. The summed E-state index contributed by atoms with van der Waals surface area (Å²) >= 11 is 0. The van der Waals surface area contributed by atoms with Gasteiger partial charge in [-0.05, 0) is 52.7 Å². The van der Waals surface area contributed by atoms with Crippen LogP contribution in [0.15, 0.2) is 97.3 Å². The molecule has 0 aliphatic carbocycles. The van der Waals surface area contributed by atoms with E-state index in [9.17, 15) is 13.2 Å². The van der Waals surface area contributed by atoms with Gasteiger partial charge in [0.2, 0.25) is 0 Å². The molecular formula is C24H17F3N2. The van der Waals surface area contributed by atoms with E-state index in [0.29, 0.717) is 0 Å². The van der Waals surface area contributed by atoms with Crippen LogP contribution in [0, 0.1) is 0 Å². The Bertz CT molecular complexity index is 1220. The van der Waals surface area contributed by atoms with Crippen molar-refractivity contribution in [2.75, 3.05) is 0 Å². The van der Waals surface area contributed by atoms with E-state index < -0.39 is 11.7 Å². The maximum atomic E-state index is 13.1. The van der Waals surface area contributed by atoms with Gasteiger partial charge in [0, 0.05) is 12.4 Å². The van der Waals surface area contributed by atoms with Crippen LogP contribution in [0.25, 0.3) is 21.8 Å². The average molecular weight is 390 g/mol. The molecule has 0 radical (unpaired) electrons. The molecule has 0 N–H and O–H groups in total. The minimum atomic E-state index is -4.35. The van der Waals surface area contributed by atoms with Crippen LogP contribution in [0.2, 0.25) is 0 Å². The Hall–Kier alpha value is -3.47. The van der Waals surface area contributed by atoms with Gasteiger partial charge in [-0.2, -0.15) is 13.2 Å². The first kappa shape index (κ1) is 17.6. The first-order valence-electron chi connectivity index (χ1n) is 9.31. The second-order valence-corrected chi connectivity index (χ2v) is 7.06. The second kappa shape index (κ2) is 6.55. The summed E-state index contributed by atoms with van der Waals surface area (Å²) in [4.78, 5) is 0. The molecule has 0 aliphatic heterocycles. The summed E-state index contributed by atoms with van der Waals surface area (Å²) in [7, 11) is 0. The molecule has 0 saturated heterocycles. The van der Waals surface area contributed by atoms with Crippen LogP contribution in [-0.2, 0) is 6.18 Å². The number of nitrogens with zero attached hydrogens (tertiary/aromatic N) is 2. The van der Waals surface area contributed by atoms with E-state index in [1.807, 2.05) is 73.1 Å². The van der Waals surface area contributed by atoms with Crippen molar-refractivity contribution in [2.45, 2.75) is 12.3 Å². The van der Waals surface area contributed by atoms with Crippen molar-refractivity contribution in [3.63, 3.8) is 0 Å². The minimum Gasteiger partial charge on any atom is -0.322 e. The van der Waals surface area contributed by atoms with Gasteiger partial charge in [-0.25, -0.2) is 0 Å². The summed E-state index contributed by atoms with van der Waals surface area (Å²) in [6, 6.07) is 25.5. The second-order valence-electron chi connectivity index (χ2n) is 7.06. The van der Waals surface area contributed by atoms with Crippen molar-refractivity contribution in [3.8, 4) is 0 Å². The molecule has 0 atom stereocenters. The molecule has 0 spiro atoms. The number of alkyl halides is 3. The number of para-hydroxylation sites is 2. The van der Waals surface area contributed by atoms with Crippen molar-refractivity contribution >= 4 is 21.8 Å². The van der Waals surface area contributed by atoms with E-state index >= 15 is 0 Å². The highest BCUT2D eigenvalue weighted by atomic mass is 19.4. The standard InChI is InChI=1S/C24H17F3N2/c25-24(26,27)20-11-9-19(10-12-20)23(28-15-13-17-5-1-3-7-21(17)28)29-16-14-18-6-2-4-8-22(18)29/h1-16,23H. The van der Waals surface area contributed by atoms with E-state index in [2.05, 4.69) is 9.13 Å². The monoisotopic (exact) mass is 390 g/mol. The Balaban J connectivity index is 1.74. The number of aromatic nitrogens is 2. The molecule has 3 aromatic carbocycles. The first-order valence-corrected chi connectivity index (χ1v) is 9.31. The van der Waals surface area contributed by atoms with Gasteiger partial charge in [0.15, 0.2) is 0 Å². The molecule has 0 bridgehead atoms.